The number of phenols is 2. The van der Waals surface area contributed by atoms with Gasteiger partial charge in [0.15, 0.2) is 0 Å². The second kappa shape index (κ2) is 10.8. The number of alkyl halides is 3. The number of piperazine rings is 1. The van der Waals surface area contributed by atoms with Crippen molar-refractivity contribution in [2.24, 2.45) is 0 Å². The molecule has 0 amide bonds. The van der Waals surface area contributed by atoms with Crippen LogP contribution < -0.4 is 4.90 Å². The molecule has 0 atom stereocenters. The van der Waals surface area contributed by atoms with Crippen LogP contribution in [0.4, 0.5) is 18.9 Å². The van der Waals surface area contributed by atoms with Crippen LogP contribution in [0, 0.1) is 0 Å². The van der Waals surface area contributed by atoms with Crippen LogP contribution in [-0.4, -0.2) is 46.3 Å². The van der Waals surface area contributed by atoms with Crippen LogP contribution in [0.1, 0.15) is 33.7 Å². The number of phenolic OH excluding ortho intramolecular Hbond substituents is 2. The van der Waals surface area contributed by atoms with E-state index in [-0.39, 0.29) is 17.4 Å². The maximum atomic E-state index is 13.2. The van der Waals surface area contributed by atoms with Crippen molar-refractivity contribution in [1.82, 2.24) is 9.88 Å². The first-order valence-electron chi connectivity index (χ1n) is 12.4. The summed E-state index contributed by atoms with van der Waals surface area (Å²) in [5, 5.41) is 19.7. The number of pyridine rings is 1. The molecule has 38 heavy (non-hydrogen) atoms. The zero-order valence-electron chi connectivity index (χ0n) is 20.6. The van der Waals surface area contributed by atoms with Crippen LogP contribution >= 0.6 is 0 Å². The van der Waals surface area contributed by atoms with Crippen LogP contribution in [-0.2, 0) is 12.7 Å². The Morgan fingerprint density at radius 2 is 1.39 bits per heavy atom. The van der Waals surface area contributed by atoms with E-state index < -0.39 is 11.7 Å². The largest absolute Gasteiger partial charge is 0.508 e. The number of rotatable bonds is 6. The highest BCUT2D eigenvalue weighted by atomic mass is 19.4. The van der Waals surface area contributed by atoms with E-state index in [9.17, 15) is 23.4 Å². The van der Waals surface area contributed by atoms with Crippen LogP contribution in [0.5, 0.6) is 11.5 Å². The van der Waals surface area contributed by atoms with E-state index in [4.69, 9.17) is 0 Å². The van der Waals surface area contributed by atoms with Gasteiger partial charge in [0, 0.05) is 56.7 Å². The van der Waals surface area contributed by atoms with Gasteiger partial charge in [0.2, 0.25) is 0 Å². The lowest BCUT2D eigenvalue weighted by atomic mass is 9.83. The standard InChI is InChI=1S/C30H28F3N3O2/c31-30(32,33)24-2-1-3-25(18-24)36-16-14-35(15-17-36)20-23-12-13-34-19-28(23)29(21-4-8-26(37)9-5-21)22-6-10-27(38)11-7-22/h1-13,18-19,29,37-38H,14-17,20H2. The zero-order chi connectivity index (χ0) is 26.7. The fourth-order valence-corrected chi connectivity index (χ4v) is 5.01. The van der Waals surface area contributed by atoms with Gasteiger partial charge in [-0.2, -0.15) is 13.2 Å². The molecule has 0 saturated carbocycles. The summed E-state index contributed by atoms with van der Waals surface area (Å²) in [6.07, 6.45) is -0.734. The molecule has 2 heterocycles. The predicted octanol–water partition coefficient (Wildman–Crippen LogP) is 6.01. The van der Waals surface area contributed by atoms with Crippen molar-refractivity contribution in [1.29, 1.82) is 0 Å². The van der Waals surface area contributed by atoms with Crippen molar-refractivity contribution in [2.75, 3.05) is 31.1 Å². The number of hydrogen-bond acceptors (Lipinski definition) is 5. The fourth-order valence-electron chi connectivity index (χ4n) is 5.01. The molecule has 5 rings (SSSR count). The summed E-state index contributed by atoms with van der Waals surface area (Å²) in [6.45, 7) is 3.34. The minimum absolute atomic E-state index is 0.161. The first-order valence-corrected chi connectivity index (χ1v) is 12.4. The number of nitrogens with zero attached hydrogens (tertiary/aromatic N) is 3. The third kappa shape index (κ3) is 5.75. The predicted molar refractivity (Wildman–Crippen MR) is 140 cm³/mol. The molecule has 8 heteroatoms. The summed E-state index contributed by atoms with van der Waals surface area (Å²) in [5.74, 6) is 0.206. The van der Waals surface area contributed by atoms with E-state index in [1.165, 1.54) is 12.1 Å². The number of aromatic hydroxyl groups is 2. The van der Waals surface area contributed by atoms with Crippen LogP contribution in [0.3, 0.4) is 0 Å². The van der Waals surface area contributed by atoms with Crippen molar-refractivity contribution in [3.8, 4) is 11.5 Å². The van der Waals surface area contributed by atoms with Crippen molar-refractivity contribution in [3.05, 3.63) is 119 Å². The number of benzene rings is 3. The third-order valence-electron chi connectivity index (χ3n) is 7.01. The van der Waals surface area contributed by atoms with Gasteiger partial charge in [0.05, 0.1) is 5.56 Å². The molecule has 196 valence electrons. The molecule has 1 aliphatic rings. The first kappa shape index (κ1) is 25.6. The zero-order valence-corrected chi connectivity index (χ0v) is 20.6. The SMILES string of the molecule is Oc1ccc(C(c2ccc(O)cc2)c2cnccc2CN2CCN(c3cccc(C(F)(F)F)c3)CC2)cc1. The highest BCUT2D eigenvalue weighted by Gasteiger charge is 2.31. The Morgan fingerprint density at radius 1 is 0.789 bits per heavy atom. The van der Waals surface area contributed by atoms with Crippen molar-refractivity contribution < 1.29 is 23.4 Å². The van der Waals surface area contributed by atoms with Gasteiger partial charge < -0.3 is 15.1 Å². The Balaban J connectivity index is 1.37. The highest BCUT2D eigenvalue weighted by Crippen LogP contribution is 2.36. The smallest absolute Gasteiger partial charge is 0.416 e. The van der Waals surface area contributed by atoms with Gasteiger partial charge in [0.1, 0.15) is 11.5 Å². The number of halogens is 3. The normalized spacial score (nSPS) is 14.7. The van der Waals surface area contributed by atoms with E-state index in [0.717, 1.165) is 28.3 Å². The minimum Gasteiger partial charge on any atom is -0.508 e. The number of hydrogen-bond donors (Lipinski definition) is 2. The summed E-state index contributed by atoms with van der Waals surface area (Å²) in [7, 11) is 0. The molecule has 1 saturated heterocycles. The van der Waals surface area contributed by atoms with Crippen LogP contribution in [0.2, 0.25) is 0 Å². The fraction of sp³-hybridized carbons (Fsp3) is 0.233. The van der Waals surface area contributed by atoms with E-state index >= 15 is 0 Å². The average Bonchev–Trinajstić information content (AvgIpc) is 2.92. The van der Waals surface area contributed by atoms with Gasteiger partial charge in [-0.25, -0.2) is 0 Å². The van der Waals surface area contributed by atoms with Gasteiger partial charge in [0.25, 0.3) is 0 Å². The van der Waals surface area contributed by atoms with Crippen molar-refractivity contribution in [2.45, 2.75) is 18.6 Å². The lowest BCUT2D eigenvalue weighted by Gasteiger charge is -2.37. The quantitative estimate of drug-likeness (QED) is 0.327. The molecule has 1 fully saturated rings. The Hall–Kier alpha value is -4.04. The summed E-state index contributed by atoms with van der Waals surface area (Å²) < 4.78 is 39.5. The summed E-state index contributed by atoms with van der Waals surface area (Å²) in [4.78, 5) is 8.70. The summed E-state index contributed by atoms with van der Waals surface area (Å²) >= 11 is 0. The van der Waals surface area contributed by atoms with E-state index in [1.54, 1.807) is 36.5 Å². The molecular weight excluding hydrogens is 491 g/mol. The second-order valence-electron chi connectivity index (χ2n) is 9.50. The molecule has 0 unspecified atom stereocenters. The van der Waals surface area contributed by atoms with E-state index in [0.29, 0.717) is 38.4 Å². The second-order valence-corrected chi connectivity index (χ2v) is 9.50. The third-order valence-corrected chi connectivity index (χ3v) is 7.01. The van der Waals surface area contributed by atoms with Gasteiger partial charge >= 0.3 is 6.18 Å². The molecule has 0 aliphatic carbocycles. The number of aromatic nitrogens is 1. The van der Waals surface area contributed by atoms with Gasteiger partial charge in [-0.1, -0.05) is 30.3 Å². The molecule has 0 radical (unpaired) electrons. The van der Waals surface area contributed by atoms with E-state index in [1.807, 2.05) is 41.4 Å². The lowest BCUT2D eigenvalue weighted by Crippen LogP contribution is -2.46. The van der Waals surface area contributed by atoms with Crippen molar-refractivity contribution >= 4 is 5.69 Å². The maximum absolute atomic E-state index is 13.2. The summed E-state index contributed by atoms with van der Waals surface area (Å²) in [5.41, 5.74) is 4.04. The molecule has 5 nitrogen and oxygen atoms in total. The monoisotopic (exact) mass is 519 g/mol. The van der Waals surface area contributed by atoms with Crippen LogP contribution in [0.25, 0.3) is 0 Å². The molecule has 3 aromatic carbocycles. The molecule has 1 aromatic heterocycles. The maximum Gasteiger partial charge on any atom is 0.416 e. The minimum atomic E-state index is -4.36. The van der Waals surface area contributed by atoms with E-state index in [2.05, 4.69) is 9.88 Å². The Morgan fingerprint density at radius 3 is 1.97 bits per heavy atom. The lowest BCUT2D eigenvalue weighted by molar-refractivity contribution is -0.137. The highest BCUT2D eigenvalue weighted by molar-refractivity contribution is 5.50. The molecule has 0 bridgehead atoms. The van der Waals surface area contributed by atoms with Gasteiger partial charge in [-0.15, -0.1) is 0 Å². The summed E-state index contributed by atoms with van der Waals surface area (Å²) in [6, 6.07) is 21.7. The topological polar surface area (TPSA) is 59.8 Å². The van der Waals surface area contributed by atoms with Gasteiger partial charge in [-0.3, -0.25) is 9.88 Å². The first-order chi connectivity index (χ1) is 18.3. The molecule has 4 aromatic rings. The molecule has 2 N–H and O–H groups in total. The molecule has 1 aliphatic heterocycles. The van der Waals surface area contributed by atoms with Crippen molar-refractivity contribution in [3.63, 3.8) is 0 Å². The average molecular weight is 520 g/mol. The Labute approximate surface area is 219 Å². The number of anilines is 1. The Bertz CT molecular complexity index is 1320. The Kier molecular flexibility index (Phi) is 7.24. The van der Waals surface area contributed by atoms with Gasteiger partial charge in [-0.05, 0) is 70.8 Å². The molecule has 0 spiro atoms. The molecular formula is C30H28F3N3O2. The van der Waals surface area contributed by atoms with Crippen LogP contribution in [0.15, 0.2) is 91.3 Å².